The molecule has 144 valence electrons. The van der Waals surface area contributed by atoms with Gasteiger partial charge in [-0.25, -0.2) is 0 Å². The second-order valence-corrected chi connectivity index (χ2v) is 8.10. The van der Waals surface area contributed by atoms with Crippen LogP contribution in [0.5, 0.6) is 11.5 Å². The van der Waals surface area contributed by atoms with E-state index >= 15 is 0 Å². The van der Waals surface area contributed by atoms with Crippen molar-refractivity contribution in [3.8, 4) is 11.5 Å². The summed E-state index contributed by atoms with van der Waals surface area (Å²) in [5.41, 5.74) is 1.02. The van der Waals surface area contributed by atoms with Crippen molar-refractivity contribution in [2.45, 2.75) is 31.7 Å². The molecular formula is C20H22ClNO4S. The third kappa shape index (κ3) is 4.45. The van der Waals surface area contributed by atoms with E-state index in [2.05, 4.69) is 0 Å². The van der Waals surface area contributed by atoms with Crippen LogP contribution in [0.4, 0.5) is 0 Å². The molecule has 1 amide bonds. The van der Waals surface area contributed by atoms with E-state index < -0.39 is 0 Å². The minimum absolute atomic E-state index is 0.00304. The van der Waals surface area contributed by atoms with Crippen molar-refractivity contribution in [2.75, 3.05) is 20.8 Å². The quantitative estimate of drug-likeness (QED) is 0.622. The Balaban J connectivity index is 1.66. The molecule has 1 aliphatic rings. The molecule has 1 atom stereocenters. The van der Waals surface area contributed by atoms with Crippen LogP contribution < -0.4 is 9.47 Å². The molecule has 1 aliphatic heterocycles. The summed E-state index contributed by atoms with van der Waals surface area (Å²) in [6, 6.07) is 9.17. The number of ketones is 1. The maximum Gasteiger partial charge on any atom is 0.223 e. The largest absolute Gasteiger partial charge is 0.493 e. The Hall–Kier alpha value is -2.05. The number of ether oxygens (including phenoxy) is 2. The molecule has 1 saturated heterocycles. The summed E-state index contributed by atoms with van der Waals surface area (Å²) in [7, 11) is 3.20. The number of nitrogens with zero attached hydrogens (tertiary/aromatic N) is 1. The molecule has 0 bridgehead atoms. The van der Waals surface area contributed by atoms with E-state index in [0.29, 0.717) is 27.3 Å². The number of likely N-dealkylation sites (tertiary alicyclic amines) is 1. The van der Waals surface area contributed by atoms with E-state index in [9.17, 15) is 9.59 Å². The zero-order chi connectivity index (χ0) is 19.4. The number of hydrogen-bond acceptors (Lipinski definition) is 5. The Kier molecular flexibility index (Phi) is 6.39. The number of methoxy groups -OCH3 is 2. The Morgan fingerprint density at radius 2 is 1.93 bits per heavy atom. The van der Waals surface area contributed by atoms with Crippen molar-refractivity contribution >= 4 is 34.6 Å². The summed E-state index contributed by atoms with van der Waals surface area (Å²) in [5, 5.41) is 0. The van der Waals surface area contributed by atoms with E-state index in [-0.39, 0.29) is 30.6 Å². The molecular weight excluding hydrogens is 386 g/mol. The van der Waals surface area contributed by atoms with Gasteiger partial charge in [0.2, 0.25) is 5.91 Å². The summed E-state index contributed by atoms with van der Waals surface area (Å²) >= 11 is 7.13. The molecule has 2 heterocycles. The molecule has 27 heavy (non-hydrogen) atoms. The summed E-state index contributed by atoms with van der Waals surface area (Å²) in [6.07, 6.45) is 2.25. The van der Waals surface area contributed by atoms with Crippen LogP contribution in [0.25, 0.3) is 0 Å². The van der Waals surface area contributed by atoms with Gasteiger partial charge in [0, 0.05) is 19.4 Å². The number of rotatable bonds is 7. The van der Waals surface area contributed by atoms with Crippen LogP contribution in [0, 0.1) is 0 Å². The summed E-state index contributed by atoms with van der Waals surface area (Å²) in [4.78, 5) is 27.4. The SMILES string of the molecule is COc1ccc(C2CCCN2C(=O)CCC(=O)c2ccc(Cl)s2)cc1OC. The molecule has 0 spiro atoms. The third-order valence-corrected chi connectivity index (χ3v) is 6.05. The summed E-state index contributed by atoms with van der Waals surface area (Å²) < 4.78 is 11.2. The van der Waals surface area contributed by atoms with Crippen molar-refractivity contribution in [1.29, 1.82) is 0 Å². The van der Waals surface area contributed by atoms with Gasteiger partial charge in [-0.15, -0.1) is 11.3 Å². The fraction of sp³-hybridized carbons (Fsp3) is 0.400. The number of benzene rings is 1. The van der Waals surface area contributed by atoms with Crippen LogP contribution in [-0.2, 0) is 4.79 Å². The van der Waals surface area contributed by atoms with Crippen molar-refractivity contribution in [2.24, 2.45) is 0 Å². The van der Waals surface area contributed by atoms with E-state index in [0.717, 1.165) is 18.4 Å². The predicted octanol–water partition coefficient (Wildman–Crippen LogP) is 4.75. The van der Waals surface area contributed by atoms with Gasteiger partial charge < -0.3 is 14.4 Å². The molecule has 1 aromatic carbocycles. The first-order valence-corrected chi connectivity index (χ1v) is 10.0. The van der Waals surface area contributed by atoms with Crippen molar-refractivity contribution < 1.29 is 19.1 Å². The topological polar surface area (TPSA) is 55.8 Å². The summed E-state index contributed by atoms with van der Waals surface area (Å²) in [6.45, 7) is 0.705. The molecule has 0 N–H and O–H groups in total. The second-order valence-electron chi connectivity index (χ2n) is 6.39. The maximum atomic E-state index is 12.7. The lowest BCUT2D eigenvalue weighted by Gasteiger charge is -2.25. The smallest absolute Gasteiger partial charge is 0.223 e. The Morgan fingerprint density at radius 3 is 2.59 bits per heavy atom. The van der Waals surface area contributed by atoms with E-state index in [4.69, 9.17) is 21.1 Å². The fourth-order valence-corrected chi connectivity index (χ4v) is 4.43. The normalized spacial score (nSPS) is 16.4. The lowest BCUT2D eigenvalue weighted by atomic mass is 10.0. The highest BCUT2D eigenvalue weighted by molar-refractivity contribution is 7.18. The predicted molar refractivity (Wildman–Crippen MR) is 106 cm³/mol. The molecule has 3 rings (SSSR count). The number of halogens is 1. The number of thiophene rings is 1. The minimum atomic E-state index is -0.0397. The van der Waals surface area contributed by atoms with E-state index in [1.807, 2.05) is 23.1 Å². The van der Waals surface area contributed by atoms with Gasteiger partial charge in [0.1, 0.15) is 0 Å². The summed E-state index contributed by atoms with van der Waals surface area (Å²) in [5.74, 6) is 1.28. The number of carbonyl (C=O) groups excluding carboxylic acids is 2. The van der Waals surface area contributed by atoms with E-state index in [1.165, 1.54) is 11.3 Å². The first-order chi connectivity index (χ1) is 13.0. The Labute approximate surface area is 167 Å². The second kappa shape index (κ2) is 8.76. The first kappa shape index (κ1) is 19.7. The number of amides is 1. The maximum absolute atomic E-state index is 12.7. The van der Waals surface area contributed by atoms with Gasteiger partial charge in [0.05, 0.1) is 29.5 Å². The first-order valence-electron chi connectivity index (χ1n) is 8.83. The lowest BCUT2D eigenvalue weighted by Crippen LogP contribution is -2.30. The molecule has 1 aromatic heterocycles. The van der Waals surface area contributed by atoms with E-state index in [1.54, 1.807) is 26.4 Å². The van der Waals surface area contributed by atoms with Crippen LogP contribution in [0.3, 0.4) is 0 Å². The zero-order valence-electron chi connectivity index (χ0n) is 15.4. The van der Waals surface area contributed by atoms with Gasteiger partial charge in [0.25, 0.3) is 0 Å². The standard InChI is InChI=1S/C20H22ClNO4S/c1-25-16-7-5-13(12-17(16)26-2)14-4-3-11-22(14)20(24)10-6-15(23)18-8-9-19(21)27-18/h5,7-9,12,14H,3-4,6,10-11H2,1-2H3. The monoisotopic (exact) mass is 407 g/mol. The molecule has 0 aliphatic carbocycles. The van der Waals surface area contributed by atoms with Gasteiger partial charge in [-0.1, -0.05) is 17.7 Å². The van der Waals surface area contributed by atoms with Gasteiger partial charge in [-0.05, 0) is 42.7 Å². The zero-order valence-corrected chi connectivity index (χ0v) is 16.9. The van der Waals surface area contributed by atoms with Gasteiger partial charge in [0.15, 0.2) is 17.3 Å². The van der Waals surface area contributed by atoms with Crippen LogP contribution in [0.15, 0.2) is 30.3 Å². The molecule has 0 saturated carbocycles. The van der Waals surface area contributed by atoms with Gasteiger partial charge in [-0.2, -0.15) is 0 Å². The van der Waals surface area contributed by atoms with Crippen LogP contribution >= 0.6 is 22.9 Å². The average Bonchev–Trinajstić information content (AvgIpc) is 3.34. The van der Waals surface area contributed by atoms with Crippen molar-refractivity contribution in [3.05, 3.63) is 45.1 Å². The minimum Gasteiger partial charge on any atom is -0.493 e. The molecule has 1 unspecified atom stereocenters. The number of carbonyl (C=O) groups is 2. The fourth-order valence-electron chi connectivity index (χ4n) is 3.42. The van der Waals surface area contributed by atoms with Gasteiger partial charge in [-0.3, -0.25) is 9.59 Å². The lowest BCUT2D eigenvalue weighted by molar-refractivity contribution is -0.132. The molecule has 7 heteroatoms. The number of hydrogen-bond donors (Lipinski definition) is 0. The van der Waals surface area contributed by atoms with Gasteiger partial charge >= 0.3 is 0 Å². The molecule has 5 nitrogen and oxygen atoms in total. The highest BCUT2D eigenvalue weighted by Gasteiger charge is 2.30. The third-order valence-electron chi connectivity index (χ3n) is 4.78. The van der Waals surface area contributed by atoms with Crippen molar-refractivity contribution in [1.82, 2.24) is 4.90 Å². The Morgan fingerprint density at radius 1 is 1.15 bits per heavy atom. The number of Topliss-reactive ketones (excluding diaryl/α,β-unsaturated/α-hetero) is 1. The average molecular weight is 408 g/mol. The van der Waals surface area contributed by atoms with Crippen LogP contribution in [-0.4, -0.2) is 37.4 Å². The highest BCUT2D eigenvalue weighted by Crippen LogP contribution is 2.37. The van der Waals surface area contributed by atoms with Crippen LogP contribution in [0.2, 0.25) is 4.34 Å². The Bertz CT molecular complexity index is 835. The van der Waals surface area contributed by atoms with Crippen LogP contribution in [0.1, 0.15) is 47.0 Å². The molecule has 0 radical (unpaired) electrons. The molecule has 1 fully saturated rings. The highest BCUT2D eigenvalue weighted by atomic mass is 35.5. The van der Waals surface area contributed by atoms with Crippen molar-refractivity contribution in [3.63, 3.8) is 0 Å². The molecule has 2 aromatic rings.